The molecule has 0 bridgehead atoms. The van der Waals surface area contributed by atoms with E-state index >= 15 is 0 Å². The average Bonchev–Trinajstić information content (AvgIpc) is 2.56. The van der Waals surface area contributed by atoms with Gasteiger partial charge in [0.25, 0.3) is 0 Å². The molecule has 0 saturated heterocycles. The van der Waals surface area contributed by atoms with E-state index in [1.807, 2.05) is 13.0 Å². The van der Waals surface area contributed by atoms with Crippen LogP contribution in [0, 0.1) is 6.92 Å². The molecular formula is C17H27N3O3. The van der Waals surface area contributed by atoms with Crippen LogP contribution in [0.1, 0.15) is 30.9 Å². The lowest BCUT2D eigenvalue weighted by Gasteiger charge is -2.15. The number of ether oxygens (including phenoxy) is 2. The minimum atomic E-state index is -0.248. The third kappa shape index (κ3) is 7.04. The normalized spacial score (nSPS) is 11.0. The van der Waals surface area contributed by atoms with Gasteiger partial charge in [0.15, 0.2) is 5.96 Å². The Bertz CT molecular complexity index is 530. The second-order valence-corrected chi connectivity index (χ2v) is 5.14. The van der Waals surface area contributed by atoms with Crippen molar-refractivity contribution < 1.29 is 14.3 Å². The summed E-state index contributed by atoms with van der Waals surface area (Å²) in [6, 6.07) is 6.15. The highest BCUT2D eigenvalue weighted by atomic mass is 16.5. The molecule has 0 heterocycles. The predicted molar refractivity (Wildman–Crippen MR) is 91.8 cm³/mol. The number of rotatable bonds is 8. The van der Waals surface area contributed by atoms with Crippen LogP contribution in [0.2, 0.25) is 0 Å². The lowest BCUT2D eigenvalue weighted by atomic mass is 10.1. The van der Waals surface area contributed by atoms with E-state index < -0.39 is 0 Å². The Morgan fingerprint density at radius 1 is 1.30 bits per heavy atom. The Hall–Kier alpha value is -2.24. The van der Waals surface area contributed by atoms with Crippen LogP contribution in [0.5, 0.6) is 5.75 Å². The molecule has 2 N–H and O–H groups in total. The molecule has 0 saturated carbocycles. The van der Waals surface area contributed by atoms with E-state index in [1.165, 1.54) is 12.7 Å². The van der Waals surface area contributed by atoms with E-state index in [0.29, 0.717) is 32.1 Å². The van der Waals surface area contributed by atoms with Crippen LogP contribution in [-0.4, -0.2) is 39.2 Å². The Labute approximate surface area is 138 Å². The first-order valence-corrected chi connectivity index (χ1v) is 7.84. The third-order valence-electron chi connectivity index (χ3n) is 3.20. The van der Waals surface area contributed by atoms with Crippen LogP contribution in [0.3, 0.4) is 0 Å². The number of hydrogen-bond donors (Lipinski definition) is 2. The Morgan fingerprint density at radius 2 is 2.09 bits per heavy atom. The Morgan fingerprint density at radius 3 is 2.74 bits per heavy atom. The van der Waals surface area contributed by atoms with E-state index in [-0.39, 0.29) is 5.97 Å². The van der Waals surface area contributed by atoms with Crippen molar-refractivity contribution in [1.29, 1.82) is 0 Å². The first-order valence-electron chi connectivity index (χ1n) is 7.84. The summed E-state index contributed by atoms with van der Waals surface area (Å²) in [5, 5.41) is 6.30. The van der Waals surface area contributed by atoms with E-state index in [4.69, 9.17) is 4.74 Å². The summed E-state index contributed by atoms with van der Waals surface area (Å²) >= 11 is 0. The summed E-state index contributed by atoms with van der Waals surface area (Å²) < 4.78 is 10.4. The molecule has 0 unspecified atom stereocenters. The van der Waals surface area contributed by atoms with Crippen LogP contribution in [0.15, 0.2) is 23.2 Å². The van der Waals surface area contributed by atoms with Gasteiger partial charge in [-0.1, -0.05) is 19.1 Å². The van der Waals surface area contributed by atoms with Crippen molar-refractivity contribution in [1.82, 2.24) is 10.6 Å². The van der Waals surface area contributed by atoms with E-state index in [2.05, 4.69) is 39.4 Å². The number of nitrogens with one attached hydrogen (secondary N) is 2. The molecule has 1 aromatic rings. The number of hydrogen-bond acceptors (Lipinski definition) is 4. The molecule has 0 aliphatic rings. The van der Waals surface area contributed by atoms with Gasteiger partial charge in [-0.3, -0.25) is 9.79 Å². The van der Waals surface area contributed by atoms with Crippen molar-refractivity contribution in [3.8, 4) is 5.75 Å². The van der Waals surface area contributed by atoms with Gasteiger partial charge < -0.3 is 20.1 Å². The zero-order chi connectivity index (χ0) is 17.1. The summed E-state index contributed by atoms with van der Waals surface area (Å²) in [5.41, 5.74) is 2.24. The summed E-state index contributed by atoms with van der Waals surface area (Å²) in [6.07, 6.45) is 1.27. The van der Waals surface area contributed by atoms with Gasteiger partial charge in [-0.05, 0) is 25.0 Å². The van der Waals surface area contributed by atoms with Gasteiger partial charge in [-0.25, -0.2) is 0 Å². The Balaban J connectivity index is 2.56. The third-order valence-corrected chi connectivity index (χ3v) is 3.20. The second-order valence-electron chi connectivity index (χ2n) is 5.14. The smallest absolute Gasteiger partial charge is 0.307 e. The number of aliphatic imine (C=N–C) groups is 1. The van der Waals surface area contributed by atoms with Gasteiger partial charge >= 0.3 is 5.97 Å². The zero-order valence-corrected chi connectivity index (χ0v) is 14.4. The molecule has 0 amide bonds. The highest BCUT2D eigenvalue weighted by Gasteiger charge is 2.06. The SMILES string of the molecule is CCCOc1cc(C)ccc1CNC(=NC)NCCC(=O)OC. The molecule has 128 valence electrons. The molecule has 0 aliphatic heterocycles. The fourth-order valence-corrected chi connectivity index (χ4v) is 1.94. The maximum Gasteiger partial charge on any atom is 0.307 e. The molecule has 1 rings (SSSR count). The van der Waals surface area contributed by atoms with Crippen LogP contribution in [0.4, 0.5) is 0 Å². The summed E-state index contributed by atoms with van der Waals surface area (Å²) in [5.74, 6) is 1.28. The summed E-state index contributed by atoms with van der Waals surface area (Å²) in [4.78, 5) is 15.2. The number of aryl methyl sites for hydroxylation is 1. The minimum Gasteiger partial charge on any atom is -0.493 e. The first kappa shape index (κ1) is 18.8. The lowest BCUT2D eigenvalue weighted by molar-refractivity contribution is -0.140. The molecule has 0 atom stereocenters. The Kier molecular flexibility index (Phi) is 8.57. The topological polar surface area (TPSA) is 72.0 Å². The van der Waals surface area contributed by atoms with Gasteiger partial charge in [0.1, 0.15) is 5.75 Å². The number of guanidine groups is 1. The number of benzene rings is 1. The molecule has 0 aromatic heterocycles. The fourth-order valence-electron chi connectivity index (χ4n) is 1.94. The molecule has 0 fully saturated rings. The molecule has 6 heteroatoms. The predicted octanol–water partition coefficient (Wildman–Crippen LogP) is 2.01. The van der Waals surface area contributed by atoms with Crippen molar-refractivity contribution in [2.24, 2.45) is 4.99 Å². The van der Waals surface area contributed by atoms with Crippen LogP contribution in [0.25, 0.3) is 0 Å². The van der Waals surface area contributed by atoms with Gasteiger partial charge in [0, 0.05) is 25.7 Å². The molecule has 23 heavy (non-hydrogen) atoms. The van der Waals surface area contributed by atoms with Crippen molar-refractivity contribution in [2.45, 2.75) is 33.2 Å². The van der Waals surface area contributed by atoms with Crippen molar-refractivity contribution in [3.63, 3.8) is 0 Å². The largest absolute Gasteiger partial charge is 0.493 e. The molecule has 1 aromatic carbocycles. The number of nitrogens with zero attached hydrogens (tertiary/aromatic N) is 1. The summed E-state index contributed by atoms with van der Waals surface area (Å²) in [7, 11) is 3.07. The van der Waals surface area contributed by atoms with Crippen molar-refractivity contribution in [2.75, 3.05) is 27.3 Å². The van der Waals surface area contributed by atoms with Gasteiger partial charge in [0.05, 0.1) is 20.1 Å². The van der Waals surface area contributed by atoms with E-state index in [9.17, 15) is 4.79 Å². The monoisotopic (exact) mass is 321 g/mol. The fraction of sp³-hybridized carbons (Fsp3) is 0.529. The maximum atomic E-state index is 11.1. The highest BCUT2D eigenvalue weighted by Crippen LogP contribution is 2.20. The van der Waals surface area contributed by atoms with Crippen LogP contribution >= 0.6 is 0 Å². The molecule has 0 aliphatic carbocycles. The molecule has 0 spiro atoms. The van der Waals surface area contributed by atoms with Crippen LogP contribution < -0.4 is 15.4 Å². The van der Waals surface area contributed by atoms with Crippen LogP contribution in [-0.2, 0) is 16.1 Å². The molecule has 6 nitrogen and oxygen atoms in total. The molecular weight excluding hydrogens is 294 g/mol. The van der Waals surface area contributed by atoms with E-state index in [1.54, 1.807) is 7.05 Å². The van der Waals surface area contributed by atoms with Gasteiger partial charge in [-0.15, -0.1) is 0 Å². The highest BCUT2D eigenvalue weighted by molar-refractivity contribution is 5.80. The van der Waals surface area contributed by atoms with Crippen molar-refractivity contribution >= 4 is 11.9 Å². The van der Waals surface area contributed by atoms with Crippen molar-refractivity contribution in [3.05, 3.63) is 29.3 Å². The maximum absolute atomic E-state index is 11.1. The van der Waals surface area contributed by atoms with Gasteiger partial charge in [-0.2, -0.15) is 0 Å². The number of methoxy groups -OCH3 is 1. The summed E-state index contributed by atoms with van der Waals surface area (Å²) in [6.45, 7) is 5.89. The number of carbonyl (C=O) groups excluding carboxylic acids is 1. The zero-order valence-electron chi connectivity index (χ0n) is 14.4. The quantitative estimate of drug-likeness (QED) is 0.435. The first-order chi connectivity index (χ1) is 11.1. The second kappa shape index (κ2) is 10.5. The minimum absolute atomic E-state index is 0.248. The average molecular weight is 321 g/mol. The number of esters is 1. The molecule has 0 radical (unpaired) electrons. The van der Waals surface area contributed by atoms with E-state index in [0.717, 1.165) is 17.7 Å². The van der Waals surface area contributed by atoms with Gasteiger partial charge in [0.2, 0.25) is 0 Å². The lowest BCUT2D eigenvalue weighted by Crippen LogP contribution is -2.38. The number of carbonyl (C=O) groups is 1. The standard InChI is InChI=1S/C17H27N3O3/c1-5-10-23-15-11-13(2)6-7-14(15)12-20-17(18-3)19-9-8-16(21)22-4/h6-7,11H,5,8-10,12H2,1-4H3,(H2,18,19,20).